The molecule has 0 saturated heterocycles. The second-order valence-electron chi connectivity index (χ2n) is 11.2. The van der Waals surface area contributed by atoms with Crippen LogP contribution in [0.3, 0.4) is 0 Å². The highest BCUT2D eigenvalue weighted by Gasteiger charge is 2.77. The van der Waals surface area contributed by atoms with E-state index in [9.17, 15) is 30.7 Å². The van der Waals surface area contributed by atoms with Gasteiger partial charge in [0, 0.05) is 22.7 Å². The Bertz CT molecular complexity index is 636. The van der Waals surface area contributed by atoms with Crippen LogP contribution in [0.2, 0.25) is 0 Å². The standard InChI is InChI=1S/C20H32F10O/c1-12(2,3)16(21,22)11-14(7,8)15(9,10)17(23,24)18(25,13(4,5)6)31-20(29,30)19(26,27)28/h11H2,1-10H3. The maximum atomic E-state index is 15.7. The van der Waals surface area contributed by atoms with E-state index in [1.54, 1.807) is 0 Å². The molecule has 31 heavy (non-hydrogen) atoms. The number of hydrogen-bond donors (Lipinski definition) is 0. The first kappa shape index (κ1) is 30.3. The SMILES string of the molecule is CC(C)(C)C(F)(F)CC(C)(C)C(C)(C)C(F)(F)C(F)(OC(F)(F)C(F)(F)F)C(C)(C)C. The summed E-state index contributed by atoms with van der Waals surface area (Å²) in [6, 6.07) is 0. The van der Waals surface area contributed by atoms with Gasteiger partial charge in [0.2, 0.25) is 0 Å². The molecule has 0 aliphatic carbocycles. The first-order chi connectivity index (χ1) is 12.9. The molecule has 0 saturated carbocycles. The van der Waals surface area contributed by atoms with Gasteiger partial charge in [-0.2, -0.15) is 30.7 Å². The third kappa shape index (κ3) is 5.11. The minimum absolute atomic E-state index is 0.640. The highest BCUT2D eigenvalue weighted by molar-refractivity contribution is 5.09. The van der Waals surface area contributed by atoms with E-state index in [-0.39, 0.29) is 0 Å². The van der Waals surface area contributed by atoms with Crippen LogP contribution in [-0.2, 0) is 4.74 Å². The van der Waals surface area contributed by atoms with Crippen LogP contribution in [0.25, 0.3) is 0 Å². The zero-order valence-corrected chi connectivity index (χ0v) is 19.4. The zero-order chi connectivity index (χ0) is 25.9. The lowest BCUT2D eigenvalue weighted by molar-refractivity contribution is -0.485. The van der Waals surface area contributed by atoms with Crippen molar-refractivity contribution in [2.24, 2.45) is 21.7 Å². The van der Waals surface area contributed by atoms with E-state index in [1.165, 1.54) is 0 Å². The fourth-order valence-electron chi connectivity index (χ4n) is 2.79. The molecule has 0 fully saturated rings. The molecular weight excluding hydrogens is 446 g/mol. The number of rotatable bonds is 7. The predicted octanol–water partition coefficient (Wildman–Crippen LogP) is 8.63. The summed E-state index contributed by atoms with van der Waals surface area (Å²) in [5.74, 6) is -13.5. The van der Waals surface area contributed by atoms with Crippen molar-refractivity contribution < 1.29 is 48.6 Å². The second kappa shape index (κ2) is 7.65. The highest BCUT2D eigenvalue weighted by Crippen LogP contribution is 2.64. The van der Waals surface area contributed by atoms with Gasteiger partial charge in [-0.05, 0) is 5.41 Å². The second-order valence-corrected chi connectivity index (χ2v) is 11.2. The Morgan fingerprint density at radius 1 is 0.548 bits per heavy atom. The summed E-state index contributed by atoms with van der Waals surface area (Å²) < 4.78 is 144. The fraction of sp³-hybridized carbons (Fsp3) is 1.00. The van der Waals surface area contributed by atoms with Gasteiger partial charge in [-0.15, -0.1) is 0 Å². The molecule has 0 aromatic rings. The van der Waals surface area contributed by atoms with Crippen molar-refractivity contribution in [1.29, 1.82) is 0 Å². The third-order valence-corrected chi connectivity index (χ3v) is 6.21. The summed E-state index contributed by atoms with van der Waals surface area (Å²) in [6.07, 6.45) is -14.0. The number of halogens is 10. The van der Waals surface area contributed by atoms with Crippen LogP contribution in [0.1, 0.15) is 75.7 Å². The van der Waals surface area contributed by atoms with E-state index < -0.39 is 58.1 Å². The number of ether oxygens (including phenoxy) is 1. The van der Waals surface area contributed by atoms with E-state index in [4.69, 9.17) is 0 Å². The normalized spacial score (nSPS) is 18.2. The van der Waals surface area contributed by atoms with E-state index in [1.807, 2.05) is 0 Å². The predicted molar refractivity (Wildman–Crippen MR) is 96.9 cm³/mol. The van der Waals surface area contributed by atoms with Crippen molar-refractivity contribution in [2.45, 2.75) is 106 Å². The maximum absolute atomic E-state index is 15.7. The van der Waals surface area contributed by atoms with Crippen LogP contribution >= 0.6 is 0 Å². The summed E-state index contributed by atoms with van der Waals surface area (Å²) in [5, 5.41) is 0. The molecule has 11 heteroatoms. The van der Waals surface area contributed by atoms with Gasteiger partial charge in [0.25, 0.3) is 11.8 Å². The van der Waals surface area contributed by atoms with Crippen LogP contribution in [0.15, 0.2) is 0 Å². The lowest BCUT2D eigenvalue weighted by Crippen LogP contribution is -2.67. The van der Waals surface area contributed by atoms with E-state index in [0.29, 0.717) is 34.6 Å². The number of alkyl halides is 10. The summed E-state index contributed by atoms with van der Waals surface area (Å²) >= 11 is 0. The summed E-state index contributed by atoms with van der Waals surface area (Å²) in [7, 11) is 0. The minimum Gasteiger partial charge on any atom is -0.269 e. The molecule has 0 aromatic heterocycles. The van der Waals surface area contributed by atoms with Crippen molar-refractivity contribution in [3.63, 3.8) is 0 Å². The summed E-state index contributed by atoms with van der Waals surface area (Å²) in [5.41, 5.74) is -9.30. The minimum atomic E-state index is -6.48. The molecule has 0 rings (SSSR count). The Morgan fingerprint density at radius 3 is 1.16 bits per heavy atom. The van der Waals surface area contributed by atoms with Crippen molar-refractivity contribution in [1.82, 2.24) is 0 Å². The topological polar surface area (TPSA) is 9.23 Å². The molecule has 0 radical (unpaired) electrons. The Labute approximate surface area is 176 Å². The molecule has 0 aliphatic rings. The van der Waals surface area contributed by atoms with Gasteiger partial charge in [0.05, 0.1) is 0 Å². The largest absolute Gasteiger partial charge is 0.483 e. The first-order valence-corrected chi connectivity index (χ1v) is 9.51. The molecule has 1 atom stereocenters. The molecule has 1 nitrogen and oxygen atoms in total. The zero-order valence-electron chi connectivity index (χ0n) is 19.4. The molecular formula is C20H32F10O. The average molecular weight is 478 g/mol. The molecule has 1 unspecified atom stereocenters. The smallest absolute Gasteiger partial charge is 0.269 e. The van der Waals surface area contributed by atoms with Gasteiger partial charge in [-0.3, -0.25) is 4.74 Å². The van der Waals surface area contributed by atoms with Crippen LogP contribution in [-0.4, -0.2) is 30.0 Å². The molecule has 188 valence electrons. The van der Waals surface area contributed by atoms with E-state index >= 15 is 13.2 Å². The monoisotopic (exact) mass is 478 g/mol. The van der Waals surface area contributed by atoms with Gasteiger partial charge in [-0.1, -0.05) is 69.2 Å². The van der Waals surface area contributed by atoms with Gasteiger partial charge >= 0.3 is 18.2 Å². The average Bonchev–Trinajstić information content (AvgIpc) is 2.41. The lowest BCUT2D eigenvalue weighted by atomic mass is 9.57. The third-order valence-electron chi connectivity index (χ3n) is 6.21. The van der Waals surface area contributed by atoms with Gasteiger partial charge in [0.15, 0.2) is 0 Å². The lowest BCUT2D eigenvalue weighted by Gasteiger charge is -2.55. The van der Waals surface area contributed by atoms with Crippen molar-refractivity contribution >= 4 is 0 Å². The van der Waals surface area contributed by atoms with Crippen LogP contribution in [0.4, 0.5) is 43.9 Å². The maximum Gasteiger partial charge on any atom is 0.483 e. The van der Waals surface area contributed by atoms with Crippen LogP contribution < -0.4 is 0 Å². The molecule has 0 spiro atoms. The number of hydrogen-bond acceptors (Lipinski definition) is 1. The van der Waals surface area contributed by atoms with Crippen molar-refractivity contribution in [3.8, 4) is 0 Å². The Hall–Kier alpha value is -0.740. The molecule has 0 N–H and O–H groups in total. The van der Waals surface area contributed by atoms with Crippen LogP contribution in [0, 0.1) is 21.7 Å². The van der Waals surface area contributed by atoms with Crippen LogP contribution in [0.5, 0.6) is 0 Å². The Morgan fingerprint density at radius 2 is 0.903 bits per heavy atom. The molecule has 0 amide bonds. The quantitative estimate of drug-likeness (QED) is 0.333. The van der Waals surface area contributed by atoms with Gasteiger partial charge < -0.3 is 0 Å². The molecule has 0 bridgehead atoms. The van der Waals surface area contributed by atoms with E-state index in [0.717, 1.165) is 34.6 Å². The summed E-state index contributed by atoms with van der Waals surface area (Å²) in [6.45, 7) is 8.58. The van der Waals surface area contributed by atoms with Gasteiger partial charge in [-0.25, -0.2) is 13.2 Å². The molecule has 0 aromatic carbocycles. The highest BCUT2D eigenvalue weighted by atomic mass is 19.4. The molecule has 0 aliphatic heterocycles. The molecule has 0 heterocycles. The van der Waals surface area contributed by atoms with Crippen molar-refractivity contribution in [2.75, 3.05) is 0 Å². The fourth-order valence-corrected chi connectivity index (χ4v) is 2.79. The Balaban J connectivity index is 6.69. The van der Waals surface area contributed by atoms with Crippen molar-refractivity contribution in [3.05, 3.63) is 0 Å². The Kier molecular flexibility index (Phi) is 7.47. The summed E-state index contributed by atoms with van der Waals surface area (Å²) in [4.78, 5) is 0. The van der Waals surface area contributed by atoms with E-state index in [2.05, 4.69) is 4.74 Å². The first-order valence-electron chi connectivity index (χ1n) is 9.51. The van der Waals surface area contributed by atoms with Gasteiger partial charge in [0.1, 0.15) is 0 Å².